The lowest BCUT2D eigenvalue weighted by Crippen LogP contribution is -2.00. The molecule has 0 aliphatic rings. The summed E-state index contributed by atoms with van der Waals surface area (Å²) in [4.78, 5) is 15.4. The molecule has 4 heteroatoms. The van der Waals surface area contributed by atoms with Crippen LogP contribution in [0.4, 0.5) is 0 Å². The van der Waals surface area contributed by atoms with Crippen LogP contribution in [-0.4, -0.2) is 15.0 Å². The normalized spacial score (nSPS) is 11.6. The Kier molecular flexibility index (Phi) is 6.00. The first-order valence-electron chi connectivity index (χ1n) is 15.0. The van der Waals surface area contributed by atoms with Crippen LogP contribution in [0.1, 0.15) is 0 Å². The Morgan fingerprint density at radius 1 is 0.356 bits per heavy atom. The zero-order valence-electron chi connectivity index (χ0n) is 24.2. The molecule has 0 saturated heterocycles. The van der Waals surface area contributed by atoms with Gasteiger partial charge in [0.2, 0.25) is 0 Å². The summed E-state index contributed by atoms with van der Waals surface area (Å²) in [6.07, 6.45) is 0. The molecule has 0 aliphatic carbocycles. The molecule has 0 bridgehead atoms. The van der Waals surface area contributed by atoms with Gasteiger partial charge in [0.1, 0.15) is 0 Å². The van der Waals surface area contributed by atoms with E-state index in [0.29, 0.717) is 17.5 Å². The van der Waals surface area contributed by atoms with E-state index in [1.807, 2.05) is 6.07 Å². The molecule has 0 spiro atoms. The van der Waals surface area contributed by atoms with E-state index in [-0.39, 0.29) is 0 Å². The van der Waals surface area contributed by atoms with Crippen molar-refractivity contribution in [3.05, 3.63) is 152 Å². The minimum atomic E-state index is 0.659. The number of fused-ring (bicyclic) bond motifs is 5. The zero-order chi connectivity index (χ0) is 29.7. The Hall–Kier alpha value is -5.71. The molecular formula is C41H25N3S. The number of aromatic nitrogens is 3. The molecule has 2 heterocycles. The predicted octanol–water partition coefficient (Wildman–Crippen LogP) is 11.2. The van der Waals surface area contributed by atoms with E-state index in [9.17, 15) is 0 Å². The summed E-state index contributed by atoms with van der Waals surface area (Å²) in [5.41, 5.74) is 5.32. The molecular weight excluding hydrogens is 567 g/mol. The van der Waals surface area contributed by atoms with Gasteiger partial charge in [0.05, 0.1) is 0 Å². The fourth-order valence-corrected chi connectivity index (χ4v) is 7.37. The Bertz CT molecular complexity index is 2550. The quantitative estimate of drug-likeness (QED) is 0.204. The third-order valence-electron chi connectivity index (χ3n) is 8.49. The Morgan fingerprint density at radius 3 is 1.73 bits per heavy atom. The lowest BCUT2D eigenvalue weighted by Gasteiger charge is -2.11. The van der Waals surface area contributed by atoms with Crippen molar-refractivity contribution >= 4 is 53.1 Å². The van der Waals surface area contributed by atoms with Crippen molar-refractivity contribution in [2.24, 2.45) is 0 Å². The molecule has 9 rings (SSSR count). The van der Waals surface area contributed by atoms with Crippen molar-refractivity contribution in [2.45, 2.75) is 0 Å². The molecule has 0 radical (unpaired) electrons. The van der Waals surface area contributed by atoms with Crippen LogP contribution in [-0.2, 0) is 0 Å². The largest absolute Gasteiger partial charge is 0.208 e. The third-order valence-corrected chi connectivity index (χ3v) is 9.63. The summed E-state index contributed by atoms with van der Waals surface area (Å²) in [6, 6.07) is 53.4. The van der Waals surface area contributed by atoms with Crippen molar-refractivity contribution in [2.75, 3.05) is 0 Å². The molecule has 3 nitrogen and oxygen atoms in total. The van der Waals surface area contributed by atoms with Gasteiger partial charge in [-0.1, -0.05) is 121 Å². The summed E-state index contributed by atoms with van der Waals surface area (Å²) in [7, 11) is 0. The molecule has 2 aromatic heterocycles. The average molecular weight is 592 g/mol. The number of rotatable bonds is 4. The third kappa shape index (κ3) is 4.55. The average Bonchev–Trinajstić information content (AvgIpc) is 3.50. The van der Waals surface area contributed by atoms with Gasteiger partial charge in [-0.2, -0.15) is 0 Å². The molecule has 7 aromatic carbocycles. The fourth-order valence-electron chi connectivity index (χ4n) is 6.24. The van der Waals surface area contributed by atoms with Gasteiger partial charge in [0, 0.05) is 36.9 Å². The molecule has 0 unspecified atom stereocenters. The Morgan fingerprint density at radius 2 is 0.933 bits per heavy atom. The van der Waals surface area contributed by atoms with E-state index < -0.39 is 0 Å². The maximum absolute atomic E-state index is 5.17. The lowest BCUT2D eigenvalue weighted by atomic mass is 9.99. The second kappa shape index (κ2) is 10.5. The maximum atomic E-state index is 5.17. The number of hydrogen-bond acceptors (Lipinski definition) is 4. The van der Waals surface area contributed by atoms with Crippen LogP contribution in [0.3, 0.4) is 0 Å². The summed E-state index contributed by atoms with van der Waals surface area (Å²) in [5.74, 6) is 2.00. The van der Waals surface area contributed by atoms with E-state index in [1.165, 1.54) is 42.1 Å². The minimum absolute atomic E-state index is 0.659. The zero-order valence-corrected chi connectivity index (χ0v) is 25.0. The topological polar surface area (TPSA) is 38.7 Å². The molecule has 210 valence electrons. The summed E-state index contributed by atoms with van der Waals surface area (Å²) in [5, 5.41) is 7.08. The summed E-state index contributed by atoms with van der Waals surface area (Å²) in [6.45, 7) is 0. The van der Waals surface area contributed by atoms with Crippen molar-refractivity contribution in [3.8, 4) is 45.3 Å². The smallest absolute Gasteiger partial charge is 0.164 e. The highest BCUT2D eigenvalue weighted by atomic mass is 32.1. The second-order valence-electron chi connectivity index (χ2n) is 11.3. The molecule has 0 fully saturated rings. The van der Waals surface area contributed by atoms with Crippen LogP contribution < -0.4 is 0 Å². The second-order valence-corrected chi connectivity index (χ2v) is 12.4. The molecule has 0 N–H and O–H groups in total. The number of thiophene rings is 1. The molecule has 45 heavy (non-hydrogen) atoms. The minimum Gasteiger partial charge on any atom is -0.208 e. The first kappa shape index (κ1) is 25.8. The number of hydrogen-bond donors (Lipinski definition) is 0. The Labute approximate surface area is 264 Å². The summed E-state index contributed by atoms with van der Waals surface area (Å²) < 4.78 is 2.48. The molecule has 0 aliphatic heterocycles. The number of benzene rings is 7. The first-order chi connectivity index (χ1) is 22.3. The van der Waals surface area contributed by atoms with Crippen LogP contribution in [0.5, 0.6) is 0 Å². The summed E-state index contributed by atoms with van der Waals surface area (Å²) >= 11 is 1.80. The molecule has 0 amide bonds. The van der Waals surface area contributed by atoms with Gasteiger partial charge in [-0.25, -0.2) is 15.0 Å². The van der Waals surface area contributed by atoms with Gasteiger partial charge in [-0.3, -0.25) is 0 Å². The molecule has 9 aromatic rings. The van der Waals surface area contributed by atoms with Gasteiger partial charge in [0.25, 0.3) is 0 Å². The van der Waals surface area contributed by atoms with E-state index in [1.54, 1.807) is 11.3 Å². The van der Waals surface area contributed by atoms with Crippen LogP contribution >= 0.6 is 11.3 Å². The SMILES string of the molecule is c1ccc(-c2ccc3ccc(-c4nc(-c5ccc6ccccc6c5)nc(-c5cccc6sc7ccccc7c56)n4)cc3c2)cc1. The number of nitrogens with zero attached hydrogens (tertiary/aromatic N) is 3. The van der Waals surface area contributed by atoms with Crippen molar-refractivity contribution in [1.29, 1.82) is 0 Å². The van der Waals surface area contributed by atoms with E-state index in [0.717, 1.165) is 27.5 Å². The van der Waals surface area contributed by atoms with Crippen LogP contribution in [0.15, 0.2) is 152 Å². The predicted molar refractivity (Wildman–Crippen MR) is 189 cm³/mol. The van der Waals surface area contributed by atoms with Gasteiger partial charge >= 0.3 is 0 Å². The highest BCUT2D eigenvalue weighted by molar-refractivity contribution is 7.25. The van der Waals surface area contributed by atoms with Crippen molar-refractivity contribution in [1.82, 2.24) is 15.0 Å². The lowest BCUT2D eigenvalue weighted by molar-refractivity contribution is 1.08. The highest BCUT2D eigenvalue weighted by Gasteiger charge is 2.17. The van der Waals surface area contributed by atoms with Crippen LogP contribution in [0.2, 0.25) is 0 Å². The van der Waals surface area contributed by atoms with Gasteiger partial charge in [0.15, 0.2) is 17.5 Å². The first-order valence-corrected chi connectivity index (χ1v) is 15.8. The standard InChI is InChI=1S/C41H25N3S/c1-2-9-26(10-3-1)30-20-17-28-19-22-32(25-33(28)24-30)40-42-39(31-21-18-27-11-4-5-12-29(27)23-31)43-41(44-40)35-14-8-16-37-38(35)34-13-6-7-15-36(34)45-37/h1-25H. The fraction of sp³-hybridized carbons (Fsp3) is 0. The van der Waals surface area contributed by atoms with Gasteiger partial charge in [-0.15, -0.1) is 11.3 Å². The molecule has 0 atom stereocenters. The monoisotopic (exact) mass is 591 g/mol. The highest BCUT2D eigenvalue weighted by Crippen LogP contribution is 2.40. The van der Waals surface area contributed by atoms with E-state index in [2.05, 4.69) is 146 Å². The van der Waals surface area contributed by atoms with Crippen LogP contribution in [0, 0.1) is 0 Å². The maximum Gasteiger partial charge on any atom is 0.164 e. The van der Waals surface area contributed by atoms with E-state index >= 15 is 0 Å². The van der Waals surface area contributed by atoms with Crippen molar-refractivity contribution < 1.29 is 0 Å². The Balaban J connectivity index is 1.27. The van der Waals surface area contributed by atoms with Crippen LogP contribution in [0.25, 0.3) is 87.0 Å². The van der Waals surface area contributed by atoms with Gasteiger partial charge in [-0.05, 0) is 63.0 Å². The van der Waals surface area contributed by atoms with Crippen molar-refractivity contribution in [3.63, 3.8) is 0 Å². The van der Waals surface area contributed by atoms with Gasteiger partial charge < -0.3 is 0 Å². The molecule has 0 saturated carbocycles. The van der Waals surface area contributed by atoms with E-state index in [4.69, 9.17) is 15.0 Å².